The Bertz CT molecular complexity index is 1900. The normalized spacial score (nSPS) is 14.8. The molecule has 1 aromatic heterocycles. The lowest BCUT2D eigenvalue weighted by atomic mass is 10.2. The van der Waals surface area contributed by atoms with Crippen LogP contribution in [0.15, 0.2) is 42.2 Å². The van der Waals surface area contributed by atoms with Gasteiger partial charge in [0.15, 0.2) is 11.0 Å². The molecule has 16 heteroatoms. The molecule has 0 aliphatic carbocycles. The van der Waals surface area contributed by atoms with Crippen molar-refractivity contribution in [3.63, 3.8) is 0 Å². The third kappa shape index (κ3) is 9.57. The summed E-state index contributed by atoms with van der Waals surface area (Å²) < 4.78 is 67.2. The minimum absolute atomic E-state index is 0.278. The Morgan fingerprint density at radius 3 is 1.85 bits per heavy atom. The van der Waals surface area contributed by atoms with Crippen molar-refractivity contribution in [3.8, 4) is 0 Å². The van der Waals surface area contributed by atoms with E-state index in [4.69, 9.17) is 55.5 Å². The van der Waals surface area contributed by atoms with E-state index in [1.807, 2.05) is 56.3 Å². The van der Waals surface area contributed by atoms with Gasteiger partial charge < -0.3 is 9.80 Å². The van der Waals surface area contributed by atoms with Crippen molar-refractivity contribution in [3.05, 3.63) is 68.2 Å². The standard InChI is InChI=1S/C31H38Cl4N4O6S2/c1-3-36-26-18-22(32)24(34)20-28(26)38(14-7-5-9-16-46(40,41)42)30(36)12-11-13-31-37(4-2)27-19-23(33)25(35)21-29(27)39(31)15-8-6-10-17-47(43,44)45/h11-13,18-21H,3-10,14-17H2,1-2H3,(H-,40,41,42,43,44,45)/p+1. The number of aryl methyl sites for hydroxylation is 2. The number of benzene rings is 2. The lowest BCUT2D eigenvalue weighted by Crippen LogP contribution is -2.36. The first-order valence-electron chi connectivity index (χ1n) is 15.4. The first-order valence-corrected chi connectivity index (χ1v) is 20.1. The molecule has 2 N–H and O–H groups in total. The van der Waals surface area contributed by atoms with Crippen LogP contribution in [0.2, 0.25) is 20.1 Å². The summed E-state index contributed by atoms with van der Waals surface area (Å²) in [7, 11) is -8.02. The second-order valence-electron chi connectivity index (χ2n) is 11.2. The molecule has 47 heavy (non-hydrogen) atoms. The van der Waals surface area contributed by atoms with Crippen LogP contribution in [0.5, 0.6) is 0 Å². The summed E-state index contributed by atoms with van der Waals surface area (Å²) in [4.78, 5) is 4.27. The molecule has 2 aromatic carbocycles. The number of imidazole rings is 1. The van der Waals surface area contributed by atoms with Crippen molar-refractivity contribution in [2.24, 2.45) is 0 Å². The molecule has 0 amide bonds. The Balaban J connectivity index is 1.70. The zero-order valence-electron chi connectivity index (χ0n) is 26.2. The summed E-state index contributed by atoms with van der Waals surface area (Å²) in [5, 5.41) is 1.74. The highest BCUT2D eigenvalue weighted by atomic mass is 35.5. The van der Waals surface area contributed by atoms with Crippen LogP contribution in [0.1, 0.15) is 58.2 Å². The van der Waals surface area contributed by atoms with Crippen LogP contribution in [-0.4, -0.2) is 55.1 Å². The second-order valence-corrected chi connectivity index (χ2v) is 16.0. The van der Waals surface area contributed by atoms with Gasteiger partial charge in [0.05, 0.1) is 56.1 Å². The Kier molecular flexibility index (Phi) is 13.0. The van der Waals surface area contributed by atoms with E-state index in [0.29, 0.717) is 84.8 Å². The van der Waals surface area contributed by atoms with Gasteiger partial charge in [0.2, 0.25) is 0 Å². The summed E-state index contributed by atoms with van der Waals surface area (Å²) in [5.74, 6) is 1.24. The highest BCUT2D eigenvalue weighted by Gasteiger charge is 2.31. The molecule has 0 saturated carbocycles. The van der Waals surface area contributed by atoms with E-state index < -0.39 is 20.2 Å². The maximum absolute atomic E-state index is 11.2. The van der Waals surface area contributed by atoms with Gasteiger partial charge in [0.1, 0.15) is 5.82 Å². The van der Waals surface area contributed by atoms with Crippen LogP contribution in [-0.2, 0) is 33.3 Å². The Morgan fingerprint density at radius 1 is 0.723 bits per heavy atom. The van der Waals surface area contributed by atoms with Crippen molar-refractivity contribution >= 4 is 95.1 Å². The molecule has 1 aliphatic heterocycles. The van der Waals surface area contributed by atoms with E-state index in [2.05, 4.69) is 18.9 Å². The number of fused-ring (bicyclic) bond motifs is 2. The highest BCUT2D eigenvalue weighted by molar-refractivity contribution is 7.86. The van der Waals surface area contributed by atoms with Gasteiger partial charge >= 0.3 is 0 Å². The number of anilines is 2. The monoisotopic (exact) mass is 767 g/mol. The number of aromatic nitrogens is 2. The summed E-state index contributed by atoms with van der Waals surface area (Å²) in [6.45, 7) is 6.56. The predicted molar refractivity (Wildman–Crippen MR) is 192 cm³/mol. The number of rotatable bonds is 16. The van der Waals surface area contributed by atoms with Gasteiger partial charge in [-0.2, -0.15) is 16.8 Å². The van der Waals surface area contributed by atoms with E-state index >= 15 is 0 Å². The van der Waals surface area contributed by atoms with Crippen molar-refractivity contribution in [1.82, 2.24) is 4.57 Å². The molecule has 0 unspecified atom stereocenters. The summed E-state index contributed by atoms with van der Waals surface area (Å²) in [6.07, 6.45) is 9.26. The lowest BCUT2D eigenvalue weighted by molar-refractivity contribution is -0.674. The van der Waals surface area contributed by atoms with Crippen molar-refractivity contribution in [2.45, 2.75) is 65.5 Å². The van der Waals surface area contributed by atoms with Crippen LogP contribution in [0.4, 0.5) is 11.4 Å². The fraction of sp³-hybridized carbons (Fsp3) is 0.452. The van der Waals surface area contributed by atoms with E-state index in [1.165, 1.54) is 0 Å². The molecule has 1 aliphatic rings. The third-order valence-electron chi connectivity index (χ3n) is 8.00. The molecule has 3 aromatic rings. The highest BCUT2D eigenvalue weighted by Crippen LogP contribution is 2.45. The molecule has 10 nitrogen and oxygen atoms in total. The first kappa shape index (κ1) is 37.8. The largest absolute Gasteiger partial charge is 0.326 e. The number of nitrogens with zero attached hydrogens (tertiary/aromatic N) is 4. The number of halogens is 4. The Hall–Kier alpha value is -2.03. The zero-order chi connectivity index (χ0) is 34.5. The Labute approximate surface area is 296 Å². The van der Waals surface area contributed by atoms with Gasteiger partial charge in [-0.1, -0.05) is 58.9 Å². The number of allylic oxidation sites excluding steroid dienone is 2. The van der Waals surface area contributed by atoms with Gasteiger partial charge in [0.25, 0.3) is 26.1 Å². The van der Waals surface area contributed by atoms with Crippen LogP contribution < -0.4 is 14.4 Å². The number of unbranched alkanes of at least 4 members (excludes halogenated alkanes) is 4. The third-order valence-corrected chi connectivity index (χ3v) is 11.0. The van der Waals surface area contributed by atoms with Gasteiger partial charge in [0, 0.05) is 31.3 Å². The zero-order valence-corrected chi connectivity index (χ0v) is 30.8. The second kappa shape index (κ2) is 16.1. The van der Waals surface area contributed by atoms with Crippen molar-refractivity contribution in [1.29, 1.82) is 0 Å². The topological polar surface area (TPSA) is 124 Å². The molecule has 0 saturated heterocycles. The van der Waals surface area contributed by atoms with Crippen molar-refractivity contribution in [2.75, 3.05) is 34.4 Å². The van der Waals surface area contributed by atoms with Gasteiger partial charge in [-0.15, -0.1) is 0 Å². The van der Waals surface area contributed by atoms with Crippen LogP contribution in [0.3, 0.4) is 0 Å². The number of hydrogen-bond acceptors (Lipinski definition) is 6. The van der Waals surface area contributed by atoms with Crippen LogP contribution in [0, 0.1) is 0 Å². The SMILES string of the molecule is CCN1C(=CC=Cc2n(CC)c3cc(Cl)c(Cl)cc3[n+]2CCCCCS(=O)(=O)O)N(CCCCCS(=O)(=O)O)c2cc(Cl)c(Cl)cc21. The Morgan fingerprint density at radius 2 is 1.28 bits per heavy atom. The van der Waals surface area contributed by atoms with Gasteiger partial charge in [-0.3, -0.25) is 9.11 Å². The van der Waals surface area contributed by atoms with Gasteiger partial charge in [-0.25, -0.2) is 9.13 Å². The van der Waals surface area contributed by atoms with E-state index in [-0.39, 0.29) is 11.5 Å². The molecular weight excluding hydrogens is 730 g/mol. The quantitative estimate of drug-likeness (QED) is 0.0858. The fourth-order valence-corrected chi connectivity index (χ4v) is 7.65. The van der Waals surface area contributed by atoms with Crippen molar-refractivity contribution < 1.29 is 30.5 Å². The first-order chi connectivity index (χ1) is 22.1. The van der Waals surface area contributed by atoms with E-state index in [1.54, 1.807) is 0 Å². The molecule has 0 spiro atoms. The molecule has 258 valence electrons. The van der Waals surface area contributed by atoms with Crippen LogP contribution >= 0.6 is 46.4 Å². The summed E-state index contributed by atoms with van der Waals surface area (Å²) in [6, 6.07) is 7.36. The minimum atomic E-state index is -4.01. The average Bonchev–Trinajstić information content (AvgIpc) is 3.42. The van der Waals surface area contributed by atoms with Crippen LogP contribution in [0.25, 0.3) is 17.1 Å². The number of hydrogen-bond donors (Lipinski definition) is 2. The smallest absolute Gasteiger partial charge is 0.282 e. The molecule has 0 fully saturated rings. The molecule has 0 bridgehead atoms. The predicted octanol–water partition coefficient (Wildman–Crippen LogP) is 7.88. The fourth-order valence-electron chi connectivity index (χ4n) is 5.88. The van der Waals surface area contributed by atoms with Gasteiger partial charge in [-0.05, 0) is 64.2 Å². The van der Waals surface area contributed by atoms with E-state index in [0.717, 1.165) is 34.1 Å². The molecule has 4 rings (SSSR count). The maximum Gasteiger partial charge on any atom is 0.282 e. The van der Waals surface area contributed by atoms with E-state index in [9.17, 15) is 16.8 Å². The summed E-state index contributed by atoms with van der Waals surface area (Å²) >= 11 is 25.7. The molecule has 0 atom stereocenters. The lowest BCUT2D eigenvalue weighted by Gasteiger charge is -2.24. The summed E-state index contributed by atoms with van der Waals surface area (Å²) in [5.41, 5.74) is 3.60. The molecule has 0 radical (unpaired) electrons. The average molecular weight is 770 g/mol. The minimum Gasteiger partial charge on any atom is -0.326 e. The molecular formula is C31H39Cl4N4O6S2+. The molecule has 2 heterocycles. The maximum atomic E-state index is 11.2.